The van der Waals surface area contributed by atoms with E-state index in [9.17, 15) is 19.8 Å². The van der Waals surface area contributed by atoms with Gasteiger partial charge in [-0.15, -0.1) is 0 Å². The first-order valence-electron chi connectivity index (χ1n) is 10.3. The second kappa shape index (κ2) is 6.74. The molecule has 1 aromatic heterocycles. The van der Waals surface area contributed by atoms with Crippen LogP contribution in [0.3, 0.4) is 0 Å². The van der Waals surface area contributed by atoms with Crippen molar-refractivity contribution in [2.75, 3.05) is 5.32 Å². The zero-order valence-corrected chi connectivity index (χ0v) is 17.2. The number of aromatic nitrogens is 2. The third kappa shape index (κ3) is 3.16. The van der Waals surface area contributed by atoms with Crippen LogP contribution in [0.4, 0.5) is 11.4 Å². The molecule has 2 atom stereocenters. The molecule has 0 spiro atoms. The zero-order valence-electron chi connectivity index (χ0n) is 16.5. The molecule has 2 aromatic rings. The summed E-state index contributed by atoms with van der Waals surface area (Å²) in [6.07, 6.45) is 7.05. The molecule has 6 rings (SSSR count). The van der Waals surface area contributed by atoms with Crippen LogP contribution < -0.4 is 10.9 Å². The number of nitrogens with zero attached hydrogens (tertiary/aromatic N) is 2. The van der Waals surface area contributed by atoms with E-state index >= 15 is 0 Å². The molecule has 1 heterocycles. The first kappa shape index (κ1) is 19.4. The molecule has 0 aliphatic heterocycles. The summed E-state index contributed by atoms with van der Waals surface area (Å²) >= 11 is 6.45. The molecule has 4 bridgehead atoms. The number of carboxylic acid groups (broad SMARTS) is 1. The molecular weight excluding hydrogens is 406 g/mol. The minimum atomic E-state index is -0.767. The Morgan fingerprint density at radius 2 is 2.00 bits per heavy atom. The number of hydrogen-bond acceptors (Lipinski definition) is 5. The third-order valence-corrected chi connectivity index (χ3v) is 7.54. The predicted octanol–water partition coefficient (Wildman–Crippen LogP) is 4.12. The number of carboxylic acids is 1. The van der Waals surface area contributed by atoms with Crippen molar-refractivity contribution in [3.63, 3.8) is 0 Å². The Kier molecular flexibility index (Phi) is 4.36. The standard InChI is InChI=1S/C22H24ClN3O4/c23-19-17(25-15-2-1-3-16(27)5-15)11-24-26(20(19)30)22-8-13-4-14(9-22)7-21(6-13,12-22)10-18(28)29/h1-3,5,11,13-14,25,27H,4,6-10,12H2,(H,28,29)/t13-,14-,21?,22?/m0/s1. The molecule has 4 saturated carbocycles. The van der Waals surface area contributed by atoms with Crippen LogP contribution in [0.5, 0.6) is 5.75 Å². The van der Waals surface area contributed by atoms with Crippen LogP contribution >= 0.6 is 11.6 Å². The van der Waals surface area contributed by atoms with E-state index in [1.165, 1.54) is 10.7 Å². The Morgan fingerprint density at radius 3 is 2.67 bits per heavy atom. The van der Waals surface area contributed by atoms with Gasteiger partial charge in [-0.2, -0.15) is 5.10 Å². The van der Waals surface area contributed by atoms with Crippen molar-refractivity contribution >= 4 is 28.9 Å². The van der Waals surface area contributed by atoms with E-state index in [1.807, 2.05) is 0 Å². The molecule has 158 valence electrons. The minimum absolute atomic E-state index is 0.0522. The van der Waals surface area contributed by atoms with Gasteiger partial charge in [-0.05, 0) is 67.9 Å². The number of hydrogen-bond donors (Lipinski definition) is 3. The van der Waals surface area contributed by atoms with Gasteiger partial charge >= 0.3 is 5.97 Å². The van der Waals surface area contributed by atoms with E-state index in [0.29, 0.717) is 29.6 Å². The maximum absolute atomic E-state index is 13.3. The Bertz CT molecular complexity index is 1070. The molecular formula is C22H24ClN3O4. The number of phenols is 1. The normalized spacial score (nSPS) is 31.6. The van der Waals surface area contributed by atoms with E-state index in [-0.39, 0.29) is 28.2 Å². The van der Waals surface area contributed by atoms with E-state index in [4.69, 9.17) is 11.6 Å². The van der Waals surface area contributed by atoms with Crippen molar-refractivity contribution < 1.29 is 15.0 Å². The summed E-state index contributed by atoms with van der Waals surface area (Å²) in [4.78, 5) is 24.8. The Morgan fingerprint density at radius 1 is 1.27 bits per heavy atom. The summed E-state index contributed by atoms with van der Waals surface area (Å²) in [6.45, 7) is 0. The molecule has 0 saturated heterocycles. The number of carbonyl (C=O) groups is 1. The fourth-order valence-corrected chi connectivity index (χ4v) is 6.95. The zero-order chi connectivity index (χ0) is 21.1. The highest BCUT2D eigenvalue weighted by Crippen LogP contribution is 2.65. The maximum Gasteiger partial charge on any atom is 0.303 e. The van der Waals surface area contributed by atoms with Crippen molar-refractivity contribution in [3.8, 4) is 5.75 Å². The Labute approximate surface area is 178 Å². The van der Waals surface area contributed by atoms with Gasteiger partial charge in [0, 0.05) is 11.8 Å². The van der Waals surface area contributed by atoms with Gasteiger partial charge in [-0.25, -0.2) is 4.68 Å². The molecule has 4 aliphatic rings. The number of aromatic hydroxyl groups is 1. The number of aliphatic carboxylic acids is 1. The van der Waals surface area contributed by atoms with Gasteiger partial charge in [-0.1, -0.05) is 17.7 Å². The number of phenolic OH excluding ortho intramolecular Hbond substituents is 1. The predicted molar refractivity (Wildman–Crippen MR) is 112 cm³/mol. The fourth-order valence-electron chi connectivity index (χ4n) is 6.77. The van der Waals surface area contributed by atoms with Crippen molar-refractivity contribution in [2.45, 2.75) is 50.5 Å². The van der Waals surface area contributed by atoms with E-state index < -0.39 is 11.5 Å². The summed E-state index contributed by atoms with van der Waals surface area (Å²) in [7, 11) is 0. The lowest BCUT2D eigenvalue weighted by Gasteiger charge is -2.61. The molecule has 4 fully saturated rings. The quantitative estimate of drug-likeness (QED) is 0.660. The molecule has 4 aliphatic carbocycles. The molecule has 0 amide bonds. The average molecular weight is 430 g/mol. The number of anilines is 2. The molecule has 7 nitrogen and oxygen atoms in total. The topological polar surface area (TPSA) is 104 Å². The minimum Gasteiger partial charge on any atom is -0.508 e. The van der Waals surface area contributed by atoms with E-state index in [2.05, 4.69) is 10.4 Å². The first-order valence-corrected chi connectivity index (χ1v) is 10.7. The van der Waals surface area contributed by atoms with Crippen molar-refractivity contribution in [2.24, 2.45) is 17.3 Å². The highest BCUT2D eigenvalue weighted by atomic mass is 35.5. The van der Waals surface area contributed by atoms with Crippen LogP contribution in [0.25, 0.3) is 0 Å². The Balaban J connectivity index is 1.51. The lowest BCUT2D eigenvalue weighted by molar-refractivity contribution is -0.151. The van der Waals surface area contributed by atoms with Crippen molar-refractivity contribution in [1.29, 1.82) is 0 Å². The van der Waals surface area contributed by atoms with E-state index in [1.54, 1.807) is 24.4 Å². The van der Waals surface area contributed by atoms with Gasteiger partial charge in [-0.3, -0.25) is 9.59 Å². The van der Waals surface area contributed by atoms with Crippen LogP contribution in [-0.4, -0.2) is 26.0 Å². The lowest BCUT2D eigenvalue weighted by atomic mass is 9.46. The van der Waals surface area contributed by atoms with Crippen LogP contribution in [-0.2, 0) is 10.3 Å². The molecule has 1 aromatic carbocycles. The number of halogens is 1. The first-order chi connectivity index (χ1) is 14.3. The molecule has 30 heavy (non-hydrogen) atoms. The van der Waals surface area contributed by atoms with Gasteiger partial charge in [0.15, 0.2) is 0 Å². The Hall–Kier alpha value is -2.54. The van der Waals surface area contributed by atoms with Crippen molar-refractivity contribution in [3.05, 3.63) is 45.8 Å². The van der Waals surface area contributed by atoms with Gasteiger partial charge in [0.05, 0.1) is 23.8 Å². The van der Waals surface area contributed by atoms with Crippen LogP contribution in [0.1, 0.15) is 44.9 Å². The number of nitrogens with one attached hydrogen (secondary N) is 1. The number of rotatable bonds is 5. The average Bonchev–Trinajstić information content (AvgIpc) is 2.63. The van der Waals surface area contributed by atoms with Crippen LogP contribution in [0.15, 0.2) is 35.3 Å². The van der Waals surface area contributed by atoms with Gasteiger partial charge in [0.25, 0.3) is 5.56 Å². The largest absolute Gasteiger partial charge is 0.508 e. The smallest absolute Gasteiger partial charge is 0.303 e. The SMILES string of the molecule is O=C(O)CC12C[C@@H]3C[C@@H](C1)CC(n1ncc(Nc4cccc(O)c4)c(Cl)c1=O)(C3)C2. The van der Waals surface area contributed by atoms with Crippen LogP contribution in [0, 0.1) is 17.3 Å². The summed E-state index contributed by atoms with van der Waals surface area (Å²) < 4.78 is 1.54. The third-order valence-electron chi connectivity index (χ3n) is 7.17. The second-order valence-electron chi connectivity index (χ2n) is 9.52. The van der Waals surface area contributed by atoms with Gasteiger partial charge in [0.1, 0.15) is 10.8 Å². The summed E-state index contributed by atoms with van der Waals surface area (Å²) in [5, 5.41) is 26.7. The van der Waals surface area contributed by atoms with E-state index in [0.717, 1.165) is 32.1 Å². The highest BCUT2D eigenvalue weighted by molar-refractivity contribution is 6.33. The molecule has 3 N–H and O–H groups in total. The second-order valence-corrected chi connectivity index (χ2v) is 9.90. The lowest BCUT2D eigenvalue weighted by Crippen LogP contribution is -2.59. The highest BCUT2D eigenvalue weighted by Gasteiger charge is 2.59. The van der Waals surface area contributed by atoms with Gasteiger partial charge in [0.2, 0.25) is 0 Å². The molecule has 0 radical (unpaired) electrons. The molecule has 0 unspecified atom stereocenters. The fraction of sp³-hybridized carbons (Fsp3) is 0.500. The maximum atomic E-state index is 13.3. The summed E-state index contributed by atoms with van der Waals surface area (Å²) in [6, 6.07) is 6.55. The summed E-state index contributed by atoms with van der Waals surface area (Å²) in [5.41, 5.74) is -0.0694. The monoisotopic (exact) mass is 429 g/mol. The van der Waals surface area contributed by atoms with Crippen LogP contribution in [0.2, 0.25) is 5.02 Å². The number of benzene rings is 1. The van der Waals surface area contributed by atoms with Crippen molar-refractivity contribution in [1.82, 2.24) is 9.78 Å². The molecule has 8 heteroatoms. The van der Waals surface area contributed by atoms with Gasteiger partial charge < -0.3 is 15.5 Å². The summed E-state index contributed by atoms with van der Waals surface area (Å²) in [5.74, 6) is 0.206.